The minimum Gasteiger partial charge on any atom is -0.451 e. The summed E-state index contributed by atoms with van der Waals surface area (Å²) < 4.78 is 15.3. The Balaban J connectivity index is 1.19. The van der Waals surface area contributed by atoms with Crippen molar-refractivity contribution in [3.63, 3.8) is 0 Å². The molecule has 0 bridgehead atoms. The van der Waals surface area contributed by atoms with Crippen molar-refractivity contribution in [3.8, 4) is 11.5 Å². The van der Waals surface area contributed by atoms with Crippen LogP contribution in [0, 0.1) is 25.7 Å². The Kier molecular flexibility index (Phi) is 8.35. The fourth-order valence-corrected chi connectivity index (χ4v) is 13.3. The van der Waals surface area contributed by atoms with Crippen molar-refractivity contribution in [1.29, 1.82) is 0 Å². The van der Waals surface area contributed by atoms with Crippen LogP contribution in [0.5, 0.6) is 11.5 Å². The summed E-state index contributed by atoms with van der Waals surface area (Å²) in [6, 6.07) is 54.1. The van der Waals surface area contributed by atoms with E-state index in [-0.39, 0.29) is 0 Å². The first kappa shape index (κ1) is 31.7. The van der Waals surface area contributed by atoms with Crippen molar-refractivity contribution in [2.45, 2.75) is 51.7 Å². The van der Waals surface area contributed by atoms with E-state index in [0.717, 1.165) is 37.2 Å². The van der Waals surface area contributed by atoms with Crippen molar-refractivity contribution in [2.75, 3.05) is 0 Å². The number of fused-ring (bicyclic) bond motifs is 2. The maximum Gasteiger partial charge on any atom is 0.257 e. The van der Waals surface area contributed by atoms with Gasteiger partial charge in [0.15, 0.2) is 0 Å². The molecular formula is C46H42O2P2. The zero-order chi connectivity index (χ0) is 33.7. The van der Waals surface area contributed by atoms with E-state index in [1.165, 1.54) is 60.5 Å². The lowest BCUT2D eigenvalue weighted by Gasteiger charge is -2.54. The van der Waals surface area contributed by atoms with Crippen LogP contribution in [0.3, 0.4) is 0 Å². The van der Waals surface area contributed by atoms with Crippen LogP contribution in [-0.4, -0.2) is 5.79 Å². The standard InChI is InChI=1S/C46H42O2P2/c1-32-22-26-40(27-23-32)50(41-28-24-33(2)25-29-41)43-21-10-13-35-31-37-15-11-14-36-30-34-12-9-20-42(44(34)47-46(36,37)48-45(35)43)49(38-16-5-3-6-17-38)39-18-7-4-8-19-39/h3-10,12-13,16-29,36-37H,11,14-15,30-31H2,1-2H3/t36-,37-,46-/m1/s1. The summed E-state index contributed by atoms with van der Waals surface area (Å²) >= 11 is 0. The molecule has 1 spiro atoms. The van der Waals surface area contributed by atoms with Crippen molar-refractivity contribution in [3.05, 3.63) is 168 Å². The Morgan fingerprint density at radius 1 is 0.460 bits per heavy atom. The molecule has 6 aromatic rings. The minimum atomic E-state index is -0.845. The van der Waals surface area contributed by atoms with Gasteiger partial charge in [-0.2, -0.15) is 0 Å². The molecule has 0 aromatic heterocycles. The Morgan fingerprint density at radius 3 is 1.28 bits per heavy atom. The van der Waals surface area contributed by atoms with Crippen molar-refractivity contribution < 1.29 is 9.47 Å². The lowest BCUT2D eigenvalue weighted by Crippen LogP contribution is -2.62. The molecule has 0 radical (unpaired) electrons. The largest absolute Gasteiger partial charge is 0.451 e. The predicted molar refractivity (Wildman–Crippen MR) is 212 cm³/mol. The van der Waals surface area contributed by atoms with E-state index in [2.05, 4.69) is 159 Å². The van der Waals surface area contributed by atoms with Gasteiger partial charge in [0.05, 0.1) is 0 Å². The van der Waals surface area contributed by atoms with Crippen LogP contribution in [0.15, 0.2) is 146 Å². The summed E-state index contributed by atoms with van der Waals surface area (Å²) in [7, 11) is -1.67. The van der Waals surface area contributed by atoms with Crippen LogP contribution < -0.4 is 41.3 Å². The molecular weight excluding hydrogens is 646 g/mol. The summed E-state index contributed by atoms with van der Waals surface area (Å²) in [6.07, 6.45) is 5.42. The van der Waals surface area contributed by atoms with Crippen LogP contribution in [0.25, 0.3) is 0 Å². The molecule has 0 unspecified atom stereocenters. The molecule has 0 saturated heterocycles. The molecule has 50 heavy (non-hydrogen) atoms. The summed E-state index contributed by atoms with van der Waals surface area (Å²) in [5, 5.41) is 7.95. The van der Waals surface area contributed by atoms with Gasteiger partial charge in [-0.05, 0) is 87.7 Å². The topological polar surface area (TPSA) is 18.5 Å². The SMILES string of the molecule is Cc1ccc(P(c2ccc(C)cc2)c2cccc3c2O[C@]24Oc5c(cccc5P(c5ccccc5)c5ccccc5)C[C@H]2CCC[C@@H]4C3)cc1. The van der Waals surface area contributed by atoms with Crippen LogP contribution in [-0.2, 0) is 12.8 Å². The monoisotopic (exact) mass is 688 g/mol. The highest BCUT2D eigenvalue weighted by atomic mass is 31.1. The quantitative estimate of drug-likeness (QED) is 0.164. The number of para-hydroxylation sites is 2. The molecule has 2 aliphatic heterocycles. The molecule has 6 aromatic carbocycles. The Bertz CT molecular complexity index is 2040. The van der Waals surface area contributed by atoms with Crippen LogP contribution in [0.2, 0.25) is 0 Å². The molecule has 1 fully saturated rings. The average Bonchev–Trinajstić information content (AvgIpc) is 3.15. The van der Waals surface area contributed by atoms with Crippen LogP contribution in [0.1, 0.15) is 41.5 Å². The van der Waals surface area contributed by atoms with E-state index in [9.17, 15) is 0 Å². The highest BCUT2D eigenvalue weighted by molar-refractivity contribution is 7.80. The summed E-state index contributed by atoms with van der Waals surface area (Å²) in [5.74, 6) is 2.01. The van der Waals surface area contributed by atoms with Crippen molar-refractivity contribution in [2.24, 2.45) is 11.8 Å². The number of hydrogen-bond acceptors (Lipinski definition) is 2. The maximum absolute atomic E-state index is 7.63. The lowest BCUT2D eigenvalue weighted by atomic mass is 9.68. The van der Waals surface area contributed by atoms with Crippen molar-refractivity contribution >= 4 is 47.7 Å². The predicted octanol–water partition coefficient (Wildman–Crippen LogP) is 8.50. The highest BCUT2D eigenvalue weighted by Gasteiger charge is 2.57. The fourth-order valence-electron chi connectivity index (χ4n) is 8.49. The van der Waals surface area contributed by atoms with Gasteiger partial charge in [-0.1, -0.05) is 163 Å². The normalized spacial score (nSPS) is 20.6. The molecule has 3 aliphatic rings. The number of ether oxygens (including phenoxy) is 2. The summed E-state index contributed by atoms with van der Waals surface area (Å²) in [5.41, 5.74) is 5.20. The number of benzene rings is 6. The number of rotatable bonds is 6. The molecule has 2 heterocycles. The van der Waals surface area contributed by atoms with Gasteiger partial charge in [0.1, 0.15) is 11.5 Å². The lowest BCUT2D eigenvalue weighted by molar-refractivity contribution is -0.225. The Morgan fingerprint density at radius 2 is 0.860 bits per heavy atom. The second-order valence-corrected chi connectivity index (χ2v) is 18.6. The molecule has 2 nitrogen and oxygen atoms in total. The van der Waals surface area contributed by atoms with Crippen molar-refractivity contribution in [1.82, 2.24) is 0 Å². The Hall–Kier alpha value is -4.22. The first-order valence-electron chi connectivity index (χ1n) is 18.0. The molecule has 9 rings (SSSR count). The van der Waals surface area contributed by atoms with E-state index < -0.39 is 21.6 Å². The smallest absolute Gasteiger partial charge is 0.257 e. The average molecular weight is 689 g/mol. The molecule has 4 heteroatoms. The second-order valence-electron chi connectivity index (χ2n) is 14.2. The molecule has 0 N–H and O–H groups in total. The molecule has 3 atom stereocenters. The molecule has 248 valence electrons. The third-order valence-corrected chi connectivity index (χ3v) is 15.9. The first-order chi connectivity index (χ1) is 24.6. The summed E-state index contributed by atoms with van der Waals surface area (Å²) in [6.45, 7) is 4.34. The third kappa shape index (κ3) is 5.58. The van der Waals surface area contributed by atoms with Gasteiger partial charge in [0.25, 0.3) is 5.79 Å². The van der Waals surface area contributed by atoms with Gasteiger partial charge in [-0.3, -0.25) is 0 Å². The van der Waals surface area contributed by atoms with Gasteiger partial charge < -0.3 is 9.47 Å². The zero-order valence-electron chi connectivity index (χ0n) is 28.8. The van der Waals surface area contributed by atoms with E-state index in [0.29, 0.717) is 11.8 Å². The third-order valence-electron chi connectivity index (χ3n) is 10.9. The highest BCUT2D eigenvalue weighted by Crippen LogP contribution is 2.55. The van der Waals surface area contributed by atoms with Gasteiger partial charge in [-0.25, -0.2) is 0 Å². The van der Waals surface area contributed by atoms with Gasteiger partial charge in [0, 0.05) is 22.4 Å². The number of aryl methyl sites for hydroxylation is 2. The van der Waals surface area contributed by atoms with Gasteiger partial charge in [0.2, 0.25) is 0 Å². The molecule has 0 amide bonds. The zero-order valence-corrected chi connectivity index (χ0v) is 30.5. The van der Waals surface area contributed by atoms with Gasteiger partial charge >= 0.3 is 0 Å². The second kappa shape index (κ2) is 13.2. The van der Waals surface area contributed by atoms with E-state index in [4.69, 9.17) is 9.47 Å². The molecule has 1 aliphatic carbocycles. The number of hydrogen-bond donors (Lipinski definition) is 0. The van der Waals surface area contributed by atoms with Crippen LogP contribution >= 0.6 is 15.8 Å². The maximum atomic E-state index is 7.63. The van der Waals surface area contributed by atoms with E-state index >= 15 is 0 Å². The minimum absolute atomic E-state index is 0.301. The van der Waals surface area contributed by atoms with E-state index in [1.807, 2.05) is 0 Å². The van der Waals surface area contributed by atoms with Crippen LogP contribution in [0.4, 0.5) is 0 Å². The fraction of sp³-hybridized carbons (Fsp3) is 0.217. The molecule has 1 saturated carbocycles. The van der Waals surface area contributed by atoms with E-state index in [1.54, 1.807) is 0 Å². The first-order valence-corrected chi connectivity index (χ1v) is 20.7. The summed E-state index contributed by atoms with van der Waals surface area (Å²) in [4.78, 5) is 0. The van der Waals surface area contributed by atoms with Gasteiger partial charge in [-0.15, -0.1) is 0 Å². The Labute approximate surface area is 299 Å².